The van der Waals surface area contributed by atoms with Gasteiger partial charge in [-0.15, -0.1) is 0 Å². The Hall–Kier alpha value is -0.120. The molecule has 0 aromatic rings. The van der Waals surface area contributed by atoms with Crippen molar-refractivity contribution in [1.29, 1.82) is 0 Å². The molecule has 2 unspecified atom stereocenters. The molecule has 0 rings (SSSR count). The molecule has 116 valence electrons. The van der Waals surface area contributed by atoms with Crippen molar-refractivity contribution >= 4 is 0 Å². The predicted octanol–water partition coefficient (Wildman–Crippen LogP) is 2.82. The fourth-order valence-electron chi connectivity index (χ4n) is 2.67. The van der Waals surface area contributed by atoms with E-state index in [2.05, 4.69) is 56.9 Å². The van der Waals surface area contributed by atoms with Crippen LogP contribution in [-0.4, -0.2) is 62.2 Å². The summed E-state index contributed by atoms with van der Waals surface area (Å²) in [7, 11) is 4.32. The van der Waals surface area contributed by atoms with E-state index in [1.807, 2.05) is 0 Å². The number of likely N-dealkylation sites (N-methyl/N-ethyl adjacent to an activating group) is 2. The van der Waals surface area contributed by atoms with Crippen molar-refractivity contribution in [1.82, 2.24) is 15.1 Å². The Kier molecular flexibility index (Phi) is 11.6. The van der Waals surface area contributed by atoms with Crippen LogP contribution in [0.4, 0.5) is 0 Å². The molecule has 1 N–H and O–H groups in total. The monoisotopic (exact) mass is 271 g/mol. The molecule has 0 aliphatic heterocycles. The van der Waals surface area contributed by atoms with Gasteiger partial charge in [-0.1, -0.05) is 20.8 Å². The molecule has 0 saturated carbocycles. The highest BCUT2D eigenvalue weighted by Crippen LogP contribution is 2.07. The van der Waals surface area contributed by atoms with Gasteiger partial charge in [-0.05, 0) is 66.3 Å². The Bertz CT molecular complexity index is 194. The van der Waals surface area contributed by atoms with E-state index in [0.29, 0.717) is 12.1 Å². The fourth-order valence-corrected chi connectivity index (χ4v) is 2.67. The molecular weight excluding hydrogens is 234 g/mol. The summed E-state index contributed by atoms with van der Waals surface area (Å²) < 4.78 is 0. The average molecular weight is 271 g/mol. The zero-order valence-electron chi connectivity index (χ0n) is 14.2. The third kappa shape index (κ3) is 9.42. The summed E-state index contributed by atoms with van der Waals surface area (Å²) >= 11 is 0. The molecule has 0 aromatic carbocycles. The summed E-state index contributed by atoms with van der Waals surface area (Å²) in [5, 5.41) is 3.65. The Morgan fingerprint density at radius 3 is 2.26 bits per heavy atom. The maximum absolute atomic E-state index is 3.65. The van der Waals surface area contributed by atoms with Crippen LogP contribution in [0.1, 0.15) is 53.4 Å². The summed E-state index contributed by atoms with van der Waals surface area (Å²) in [6.07, 6.45) is 5.10. The van der Waals surface area contributed by atoms with Gasteiger partial charge in [-0.25, -0.2) is 0 Å². The van der Waals surface area contributed by atoms with Crippen LogP contribution in [0.2, 0.25) is 0 Å². The standard InChI is InChI=1S/C16H37N3/c1-7-12-17-16(8-2)11-10-13-19(9-3)15(4)14-18(5)6/h15-17H,7-14H2,1-6H3. The number of hydrogen-bond donors (Lipinski definition) is 1. The molecule has 2 atom stereocenters. The third-order valence-corrected chi connectivity index (χ3v) is 3.83. The highest BCUT2D eigenvalue weighted by molar-refractivity contribution is 4.71. The molecule has 0 bridgehead atoms. The largest absolute Gasteiger partial charge is 0.314 e. The van der Waals surface area contributed by atoms with E-state index in [1.165, 1.54) is 32.2 Å². The quantitative estimate of drug-likeness (QED) is 0.589. The van der Waals surface area contributed by atoms with Crippen molar-refractivity contribution in [2.24, 2.45) is 0 Å². The second kappa shape index (κ2) is 11.7. The van der Waals surface area contributed by atoms with Crippen LogP contribution in [0.3, 0.4) is 0 Å². The first-order valence-electron chi connectivity index (χ1n) is 8.17. The minimum atomic E-state index is 0.656. The van der Waals surface area contributed by atoms with E-state index in [9.17, 15) is 0 Å². The Morgan fingerprint density at radius 1 is 1.11 bits per heavy atom. The molecule has 0 aliphatic rings. The topological polar surface area (TPSA) is 18.5 Å². The molecule has 0 aromatic heterocycles. The molecule has 0 aliphatic carbocycles. The van der Waals surface area contributed by atoms with Crippen LogP contribution in [-0.2, 0) is 0 Å². The number of nitrogens with one attached hydrogen (secondary N) is 1. The SMILES string of the molecule is CCCNC(CC)CCCN(CC)C(C)CN(C)C. The van der Waals surface area contributed by atoms with Gasteiger partial charge in [0, 0.05) is 18.6 Å². The highest BCUT2D eigenvalue weighted by atomic mass is 15.2. The van der Waals surface area contributed by atoms with Gasteiger partial charge in [0.2, 0.25) is 0 Å². The van der Waals surface area contributed by atoms with Crippen molar-refractivity contribution in [2.45, 2.75) is 65.5 Å². The summed E-state index contributed by atoms with van der Waals surface area (Å²) in [4.78, 5) is 4.89. The van der Waals surface area contributed by atoms with Crippen LogP contribution in [0.15, 0.2) is 0 Å². The zero-order chi connectivity index (χ0) is 14.7. The van der Waals surface area contributed by atoms with Crippen molar-refractivity contribution in [3.05, 3.63) is 0 Å². The molecule has 0 saturated heterocycles. The van der Waals surface area contributed by atoms with Crippen molar-refractivity contribution in [3.63, 3.8) is 0 Å². The Balaban J connectivity index is 3.92. The number of rotatable bonds is 12. The first-order valence-corrected chi connectivity index (χ1v) is 8.17. The van der Waals surface area contributed by atoms with Gasteiger partial charge < -0.3 is 10.2 Å². The van der Waals surface area contributed by atoms with Crippen LogP contribution < -0.4 is 5.32 Å². The molecule has 0 spiro atoms. The Labute approximate surface area is 121 Å². The molecule has 0 radical (unpaired) electrons. The van der Waals surface area contributed by atoms with Crippen molar-refractivity contribution in [2.75, 3.05) is 40.3 Å². The smallest absolute Gasteiger partial charge is 0.0194 e. The maximum Gasteiger partial charge on any atom is 0.0194 e. The van der Waals surface area contributed by atoms with Crippen LogP contribution in [0, 0.1) is 0 Å². The minimum absolute atomic E-state index is 0.656. The van der Waals surface area contributed by atoms with E-state index in [1.54, 1.807) is 0 Å². The van der Waals surface area contributed by atoms with Crippen molar-refractivity contribution in [3.8, 4) is 0 Å². The lowest BCUT2D eigenvalue weighted by Crippen LogP contribution is -2.41. The third-order valence-electron chi connectivity index (χ3n) is 3.83. The molecule has 3 heteroatoms. The summed E-state index contributed by atoms with van der Waals surface area (Å²) in [6.45, 7) is 13.9. The lowest BCUT2D eigenvalue weighted by atomic mass is 10.1. The molecule has 0 heterocycles. The summed E-state index contributed by atoms with van der Waals surface area (Å²) in [5.74, 6) is 0. The van der Waals surface area contributed by atoms with Gasteiger partial charge >= 0.3 is 0 Å². The van der Waals surface area contributed by atoms with E-state index >= 15 is 0 Å². The highest BCUT2D eigenvalue weighted by Gasteiger charge is 2.13. The predicted molar refractivity (Wildman–Crippen MR) is 86.9 cm³/mol. The molecule has 3 nitrogen and oxygen atoms in total. The minimum Gasteiger partial charge on any atom is -0.314 e. The van der Waals surface area contributed by atoms with Gasteiger partial charge in [0.05, 0.1) is 0 Å². The van der Waals surface area contributed by atoms with E-state index in [4.69, 9.17) is 0 Å². The molecular formula is C16H37N3. The lowest BCUT2D eigenvalue weighted by molar-refractivity contribution is 0.176. The van der Waals surface area contributed by atoms with Gasteiger partial charge in [-0.2, -0.15) is 0 Å². The first kappa shape index (κ1) is 18.9. The number of nitrogens with zero attached hydrogens (tertiary/aromatic N) is 2. The Morgan fingerprint density at radius 2 is 1.79 bits per heavy atom. The van der Waals surface area contributed by atoms with E-state index in [0.717, 1.165) is 19.6 Å². The van der Waals surface area contributed by atoms with E-state index < -0.39 is 0 Å². The molecule has 19 heavy (non-hydrogen) atoms. The van der Waals surface area contributed by atoms with Crippen LogP contribution in [0.25, 0.3) is 0 Å². The second-order valence-electron chi connectivity index (χ2n) is 5.94. The summed E-state index contributed by atoms with van der Waals surface area (Å²) in [6, 6.07) is 1.37. The van der Waals surface area contributed by atoms with Gasteiger partial charge in [-0.3, -0.25) is 4.90 Å². The van der Waals surface area contributed by atoms with Crippen LogP contribution in [0.5, 0.6) is 0 Å². The fraction of sp³-hybridized carbons (Fsp3) is 1.00. The van der Waals surface area contributed by atoms with Gasteiger partial charge in [0.25, 0.3) is 0 Å². The molecule has 0 fully saturated rings. The summed E-state index contributed by atoms with van der Waals surface area (Å²) in [5.41, 5.74) is 0. The lowest BCUT2D eigenvalue weighted by Gasteiger charge is -2.30. The van der Waals surface area contributed by atoms with Gasteiger partial charge in [0.1, 0.15) is 0 Å². The molecule has 0 amide bonds. The normalized spacial score (nSPS) is 15.2. The maximum atomic E-state index is 3.65. The van der Waals surface area contributed by atoms with Crippen molar-refractivity contribution < 1.29 is 0 Å². The first-order chi connectivity index (χ1) is 9.04. The zero-order valence-corrected chi connectivity index (χ0v) is 14.2. The van der Waals surface area contributed by atoms with E-state index in [-0.39, 0.29) is 0 Å². The average Bonchev–Trinajstić information content (AvgIpc) is 2.37. The second-order valence-corrected chi connectivity index (χ2v) is 5.94. The van der Waals surface area contributed by atoms with Crippen LogP contribution >= 0.6 is 0 Å². The number of hydrogen-bond acceptors (Lipinski definition) is 3. The van der Waals surface area contributed by atoms with Gasteiger partial charge in [0.15, 0.2) is 0 Å².